The molecule has 0 aliphatic carbocycles. The molecule has 0 saturated carbocycles. The van der Waals surface area contributed by atoms with E-state index < -0.39 is 24.4 Å². The minimum Gasteiger partial charge on any atom is -0.546 e. The third-order valence-corrected chi connectivity index (χ3v) is 3.68. The van der Waals surface area contributed by atoms with Crippen molar-refractivity contribution in [1.29, 1.82) is 0 Å². The fourth-order valence-corrected chi connectivity index (χ4v) is 2.11. The van der Waals surface area contributed by atoms with E-state index in [2.05, 4.69) is 15.8 Å². The number of carbonyl (C=O) groups excluding carboxylic acids is 3. The van der Waals surface area contributed by atoms with Gasteiger partial charge in [0.2, 0.25) is 0 Å². The van der Waals surface area contributed by atoms with Crippen molar-refractivity contribution in [2.24, 2.45) is 5.10 Å². The van der Waals surface area contributed by atoms with Gasteiger partial charge in [-0.25, -0.2) is 5.43 Å². The van der Waals surface area contributed by atoms with Crippen LogP contribution in [0.4, 0.5) is 5.69 Å². The van der Waals surface area contributed by atoms with Gasteiger partial charge in [-0.05, 0) is 36.8 Å². The standard InChI is InChI=1S/C18H16ClN3O5/c1-11-6-7-13(8-14(11)19)21-17(25)18(26)22-20-9-12-4-2-3-5-15(12)27-10-16(23)24/h2-9H,10H2,1H3,(H,21,25)(H,22,26)(H,23,24)/p-1/b20-9-. The normalized spacial score (nSPS) is 10.4. The number of halogens is 1. The van der Waals surface area contributed by atoms with Gasteiger partial charge in [0.25, 0.3) is 0 Å². The Morgan fingerprint density at radius 3 is 2.63 bits per heavy atom. The number of aryl methyl sites for hydroxylation is 1. The van der Waals surface area contributed by atoms with Crippen LogP contribution in [0.1, 0.15) is 11.1 Å². The van der Waals surface area contributed by atoms with Gasteiger partial charge in [0, 0.05) is 16.3 Å². The summed E-state index contributed by atoms with van der Waals surface area (Å²) in [6.07, 6.45) is 1.22. The first kappa shape index (κ1) is 19.9. The average molecular weight is 389 g/mol. The highest BCUT2D eigenvalue weighted by Crippen LogP contribution is 2.19. The lowest BCUT2D eigenvalue weighted by molar-refractivity contribution is -0.307. The highest BCUT2D eigenvalue weighted by molar-refractivity contribution is 6.39. The van der Waals surface area contributed by atoms with Gasteiger partial charge in [0.05, 0.1) is 12.2 Å². The molecule has 0 aromatic heterocycles. The maximum Gasteiger partial charge on any atom is 0.329 e. The fraction of sp³-hybridized carbons (Fsp3) is 0.111. The zero-order chi connectivity index (χ0) is 19.8. The first-order valence-electron chi connectivity index (χ1n) is 7.69. The first-order chi connectivity index (χ1) is 12.9. The molecular weight excluding hydrogens is 374 g/mol. The molecule has 0 saturated heterocycles. The lowest BCUT2D eigenvalue weighted by Crippen LogP contribution is -2.32. The van der Waals surface area contributed by atoms with Crippen molar-refractivity contribution in [2.75, 3.05) is 11.9 Å². The predicted octanol–water partition coefficient (Wildman–Crippen LogP) is 0.866. The van der Waals surface area contributed by atoms with Crippen LogP contribution in [0.2, 0.25) is 5.02 Å². The van der Waals surface area contributed by atoms with E-state index in [9.17, 15) is 19.5 Å². The zero-order valence-electron chi connectivity index (χ0n) is 14.2. The van der Waals surface area contributed by atoms with Crippen molar-refractivity contribution in [3.63, 3.8) is 0 Å². The summed E-state index contributed by atoms with van der Waals surface area (Å²) in [6, 6.07) is 11.3. The Hall–Kier alpha value is -3.39. The summed E-state index contributed by atoms with van der Waals surface area (Å²) in [6.45, 7) is 1.18. The number of rotatable bonds is 6. The molecule has 0 fully saturated rings. The van der Waals surface area contributed by atoms with Gasteiger partial charge < -0.3 is 20.0 Å². The smallest absolute Gasteiger partial charge is 0.329 e. The van der Waals surface area contributed by atoms with Crippen LogP contribution in [0.15, 0.2) is 47.6 Å². The van der Waals surface area contributed by atoms with Gasteiger partial charge in [-0.2, -0.15) is 5.10 Å². The van der Waals surface area contributed by atoms with Crippen LogP contribution in [0.5, 0.6) is 5.75 Å². The molecule has 2 N–H and O–H groups in total. The molecule has 2 aromatic rings. The number of hydrogen-bond acceptors (Lipinski definition) is 6. The third-order valence-electron chi connectivity index (χ3n) is 3.27. The van der Waals surface area contributed by atoms with Crippen molar-refractivity contribution in [3.05, 3.63) is 58.6 Å². The molecule has 0 unspecified atom stereocenters. The number of carboxylic acid groups (broad SMARTS) is 1. The number of para-hydroxylation sites is 1. The minimum atomic E-state index is -1.37. The number of hydrazone groups is 1. The summed E-state index contributed by atoms with van der Waals surface area (Å²) in [4.78, 5) is 34.1. The molecular formula is C18H15ClN3O5-. The summed E-state index contributed by atoms with van der Waals surface area (Å²) >= 11 is 5.96. The second kappa shape index (κ2) is 9.35. The largest absolute Gasteiger partial charge is 0.546 e. The number of aliphatic carboxylic acids is 1. The average Bonchev–Trinajstić information content (AvgIpc) is 2.63. The Labute approximate surface area is 159 Å². The van der Waals surface area contributed by atoms with E-state index in [-0.39, 0.29) is 5.75 Å². The minimum absolute atomic E-state index is 0.235. The molecule has 0 heterocycles. The molecule has 2 aromatic carbocycles. The van der Waals surface area contributed by atoms with Crippen molar-refractivity contribution < 1.29 is 24.2 Å². The van der Waals surface area contributed by atoms with E-state index in [1.807, 2.05) is 6.92 Å². The summed E-state index contributed by atoms with van der Waals surface area (Å²) in [7, 11) is 0. The third kappa shape index (κ3) is 6.12. The van der Waals surface area contributed by atoms with Crippen LogP contribution in [0.3, 0.4) is 0 Å². The van der Waals surface area contributed by atoms with Crippen molar-refractivity contribution >= 4 is 41.3 Å². The number of carboxylic acids is 1. The number of nitrogens with zero attached hydrogens (tertiary/aromatic N) is 1. The second-order valence-corrected chi connectivity index (χ2v) is 5.72. The zero-order valence-corrected chi connectivity index (χ0v) is 14.9. The van der Waals surface area contributed by atoms with Crippen LogP contribution in [0.25, 0.3) is 0 Å². The van der Waals surface area contributed by atoms with E-state index in [0.717, 1.165) is 5.56 Å². The predicted molar refractivity (Wildman–Crippen MR) is 97.5 cm³/mol. The molecule has 2 rings (SSSR count). The molecule has 2 amide bonds. The highest BCUT2D eigenvalue weighted by Gasteiger charge is 2.13. The van der Waals surface area contributed by atoms with Crippen molar-refractivity contribution in [1.82, 2.24) is 5.43 Å². The maximum absolute atomic E-state index is 11.9. The summed E-state index contributed by atoms with van der Waals surface area (Å²) in [5.41, 5.74) is 3.69. The van der Waals surface area contributed by atoms with Gasteiger partial charge >= 0.3 is 11.8 Å². The Bertz CT molecular complexity index is 898. The van der Waals surface area contributed by atoms with Crippen molar-refractivity contribution in [2.45, 2.75) is 6.92 Å². The number of carbonyl (C=O) groups is 3. The van der Waals surface area contributed by atoms with E-state index >= 15 is 0 Å². The molecule has 0 radical (unpaired) electrons. The molecule has 0 spiro atoms. The Morgan fingerprint density at radius 2 is 1.93 bits per heavy atom. The molecule has 8 nitrogen and oxygen atoms in total. The summed E-state index contributed by atoms with van der Waals surface area (Å²) < 4.78 is 5.05. The highest BCUT2D eigenvalue weighted by atomic mass is 35.5. The Balaban J connectivity index is 1.95. The SMILES string of the molecule is Cc1ccc(NC(=O)C(=O)N/N=C\c2ccccc2OCC(=O)[O-])cc1Cl. The summed E-state index contributed by atoms with van der Waals surface area (Å²) in [5, 5.41) is 17.0. The van der Waals surface area contributed by atoms with Crippen molar-refractivity contribution in [3.8, 4) is 5.75 Å². The summed E-state index contributed by atoms with van der Waals surface area (Å²) in [5.74, 6) is -3.05. The second-order valence-electron chi connectivity index (χ2n) is 5.32. The Kier molecular flexibility index (Phi) is 6.90. The molecule has 0 aliphatic heterocycles. The van der Waals surface area contributed by atoms with Gasteiger partial charge in [-0.15, -0.1) is 0 Å². The maximum atomic E-state index is 11.9. The van der Waals surface area contributed by atoms with Gasteiger partial charge in [0.1, 0.15) is 12.4 Å². The number of nitrogens with one attached hydrogen (secondary N) is 2. The van der Waals surface area contributed by atoms with Crippen LogP contribution >= 0.6 is 11.6 Å². The van der Waals surface area contributed by atoms with E-state index in [0.29, 0.717) is 16.3 Å². The van der Waals surface area contributed by atoms with Crippen LogP contribution in [0, 0.1) is 6.92 Å². The fourth-order valence-electron chi connectivity index (χ4n) is 1.92. The van der Waals surface area contributed by atoms with Gasteiger partial charge in [-0.1, -0.05) is 29.8 Å². The number of hydrogen-bond donors (Lipinski definition) is 2. The first-order valence-corrected chi connectivity index (χ1v) is 8.07. The lowest BCUT2D eigenvalue weighted by Gasteiger charge is -2.09. The van der Waals surface area contributed by atoms with Gasteiger partial charge in [0.15, 0.2) is 0 Å². The molecule has 9 heteroatoms. The van der Waals surface area contributed by atoms with E-state index in [4.69, 9.17) is 16.3 Å². The number of benzene rings is 2. The number of anilines is 1. The number of amides is 2. The lowest BCUT2D eigenvalue weighted by atomic mass is 10.2. The van der Waals surface area contributed by atoms with Crippen LogP contribution in [-0.2, 0) is 14.4 Å². The molecule has 0 bridgehead atoms. The Morgan fingerprint density at radius 1 is 1.19 bits per heavy atom. The molecule has 140 valence electrons. The molecule has 27 heavy (non-hydrogen) atoms. The van der Waals surface area contributed by atoms with Gasteiger partial charge in [-0.3, -0.25) is 9.59 Å². The number of ether oxygens (including phenoxy) is 1. The van der Waals surface area contributed by atoms with E-state index in [1.165, 1.54) is 18.3 Å². The van der Waals surface area contributed by atoms with Crippen LogP contribution < -0.4 is 20.6 Å². The monoisotopic (exact) mass is 388 g/mol. The molecule has 0 aliphatic rings. The van der Waals surface area contributed by atoms with E-state index in [1.54, 1.807) is 30.3 Å². The quantitative estimate of drug-likeness (QED) is 0.432. The molecule has 0 atom stereocenters. The topological polar surface area (TPSA) is 120 Å². The van der Waals surface area contributed by atoms with Crippen LogP contribution in [-0.4, -0.2) is 30.6 Å².